The van der Waals surface area contributed by atoms with Crippen molar-refractivity contribution in [3.8, 4) is 17.2 Å². The average molecular weight is 440 g/mol. The maximum Gasteiger partial charge on any atom is 0.253 e. The van der Waals surface area contributed by atoms with Gasteiger partial charge in [-0.1, -0.05) is 0 Å². The van der Waals surface area contributed by atoms with E-state index >= 15 is 0 Å². The van der Waals surface area contributed by atoms with E-state index in [0.717, 1.165) is 11.3 Å². The van der Waals surface area contributed by atoms with E-state index in [1.54, 1.807) is 36.4 Å². The van der Waals surface area contributed by atoms with Gasteiger partial charge >= 0.3 is 0 Å². The van der Waals surface area contributed by atoms with Crippen molar-refractivity contribution in [2.45, 2.75) is 19.8 Å². The van der Waals surface area contributed by atoms with Crippen molar-refractivity contribution in [3.63, 3.8) is 0 Å². The summed E-state index contributed by atoms with van der Waals surface area (Å²) in [6.45, 7) is 3.56. The number of carbonyl (C=O) groups is 2. The van der Waals surface area contributed by atoms with Gasteiger partial charge in [0.2, 0.25) is 5.91 Å². The molecule has 8 nitrogen and oxygen atoms in total. The standard InChI is InChI=1S/C24H29N3O5/c1-4-32-20-8-5-17(6-9-20)16-25-26-23(28)18-11-13-27(14-12-18)24(29)19-7-10-21(30-2)22(15-19)31-3/h5-10,15-16,18H,4,11-14H2,1-3H3,(H,26,28)/b25-16-. The molecule has 0 radical (unpaired) electrons. The summed E-state index contributed by atoms with van der Waals surface area (Å²) in [6, 6.07) is 12.6. The summed E-state index contributed by atoms with van der Waals surface area (Å²) in [4.78, 5) is 27.0. The molecule has 2 aromatic rings. The van der Waals surface area contributed by atoms with Crippen molar-refractivity contribution in [1.82, 2.24) is 10.3 Å². The molecule has 8 heteroatoms. The van der Waals surface area contributed by atoms with Crippen LogP contribution in [0.1, 0.15) is 35.7 Å². The second-order valence-electron chi connectivity index (χ2n) is 7.37. The Hall–Kier alpha value is -3.55. The number of rotatable bonds is 8. The van der Waals surface area contributed by atoms with Crippen LogP contribution in [0.3, 0.4) is 0 Å². The molecule has 1 aliphatic heterocycles. The molecule has 3 rings (SSSR count). The molecule has 0 unspecified atom stereocenters. The number of amides is 2. The number of ether oxygens (including phenoxy) is 3. The second-order valence-corrected chi connectivity index (χ2v) is 7.37. The Morgan fingerprint density at radius 3 is 2.38 bits per heavy atom. The number of carbonyl (C=O) groups excluding carboxylic acids is 2. The van der Waals surface area contributed by atoms with Gasteiger partial charge in [0.15, 0.2) is 11.5 Å². The highest BCUT2D eigenvalue weighted by molar-refractivity contribution is 5.95. The molecule has 170 valence electrons. The van der Waals surface area contributed by atoms with Crippen LogP contribution in [0.15, 0.2) is 47.6 Å². The van der Waals surface area contributed by atoms with Gasteiger partial charge in [0.25, 0.3) is 5.91 Å². The lowest BCUT2D eigenvalue weighted by Gasteiger charge is -2.31. The Bertz CT molecular complexity index is 951. The quantitative estimate of drug-likeness (QED) is 0.504. The summed E-state index contributed by atoms with van der Waals surface area (Å²) < 4.78 is 15.9. The third-order valence-corrected chi connectivity index (χ3v) is 5.36. The lowest BCUT2D eigenvalue weighted by molar-refractivity contribution is -0.126. The van der Waals surface area contributed by atoms with Crippen molar-refractivity contribution >= 4 is 18.0 Å². The molecule has 2 amide bonds. The molecule has 1 N–H and O–H groups in total. The smallest absolute Gasteiger partial charge is 0.253 e. The summed E-state index contributed by atoms with van der Waals surface area (Å²) in [7, 11) is 3.09. The van der Waals surface area contributed by atoms with Crippen molar-refractivity contribution < 1.29 is 23.8 Å². The average Bonchev–Trinajstić information content (AvgIpc) is 2.84. The van der Waals surface area contributed by atoms with E-state index in [9.17, 15) is 9.59 Å². The summed E-state index contributed by atoms with van der Waals surface area (Å²) in [5.74, 6) is 1.48. The van der Waals surface area contributed by atoms with Crippen LogP contribution in [-0.2, 0) is 4.79 Å². The fraction of sp³-hybridized carbons (Fsp3) is 0.375. The summed E-state index contributed by atoms with van der Waals surface area (Å²) in [5, 5.41) is 4.06. The first kappa shape index (κ1) is 23.1. The third kappa shape index (κ3) is 5.78. The zero-order chi connectivity index (χ0) is 22.9. The molecule has 0 saturated carbocycles. The molecule has 2 aromatic carbocycles. The highest BCUT2D eigenvalue weighted by Gasteiger charge is 2.28. The molecule has 1 saturated heterocycles. The lowest BCUT2D eigenvalue weighted by atomic mass is 9.95. The molecule has 0 atom stereocenters. The van der Waals surface area contributed by atoms with E-state index in [1.807, 2.05) is 31.2 Å². The van der Waals surface area contributed by atoms with E-state index in [0.29, 0.717) is 49.6 Å². The van der Waals surface area contributed by atoms with Gasteiger partial charge in [0, 0.05) is 24.6 Å². The number of nitrogens with one attached hydrogen (secondary N) is 1. The van der Waals surface area contributed by atoms with Crippen LogP contribution < -0.4 is 19.6 Å². The molecule has 0 bridgehead atoms. The second kappa shape index (κ2) is 11.2. The number of hydrogen-bond donors (Lipinski definition) is 1. The first-order valence-electron chi connectivity index (χ1n) is 10.6. The minimum atomic E-state index is -0.179. The van der Waals surface area contributed by atoms with Gasteiger partial charge in [-0.2, -0.15) is 5.10 Å². The first-order chi connectivity index (χ1) is 15.5. The van der Waals surface area contributed by atoms with Gasteiger partial charge in [-0.15, -0.1) is 0 Å². The van der Waals surface area contributed by atoms with E-state index in [4.69, 9.17) is 14.2 Å². The Morgan fingerprint density at radius 1 is 1.06 bits per heavy atom. The van der Waals surface area contributed by atoms with Gasteiger partial charge in [-0.25, -0.2) is 5.43 Å². The number of methoxy groups -OCH3 is 2. The lowest BCUT2D eigenvalue weighted by Crippen LogP contribution is -2.42. The van der Waals surface area contributed by atoms with Gasteiger partial charge in [0.1, 0.15) is 5.75 Å². The number of hydrogen-bond acceptors (Lipinski definition) is 6. The van der Waals surface area contributed by atoms with Crippen LogP contribution in [0.2, 0.25) is 0 Å². The monoisotopic (exact) mass is 439 g/mol. The number of likely N-dealkylation sites (tertiary alicyclic amines) is 1. The van der Waals surface area contributed by atoms with E-state index in [1.165, 1.54) is 7.11 Å². The highest BCUT2D eigenvalue weighted by atomic mass is 16.5. The molecule has 0 spiro atoms. The number of hydrazone groups is 1. The minimum absolute atomic E-state index is 0.0849. The van der Waals surface area contributed by atoms with Crippen molar-refractivity contribution in [2.24, 2.45) is 11.0 Å². The number of benzene rings is 2. The summed E-state index contributed by atoms with van der Waals surface area (Å²) in [5.41, 5.74) is 4.01. The Balaban J connectivity index is 1.49. The van der Waals surface area contributed by atoms with Crippen LogP contribution in [-0.4, -0.2) is 56.8 Å². The molecule has 1 fully saturated rings. The zero-order valence-corrected chi connectivity index (χ0v) is 18.7. The van der Waals surface area contributed by atoms with Crippen LogP contribution in [0.25, 0.3) is 0 Å². The maximum absolute atomic E-state index is 12.8. The van der Waals surface area contributed by atoms with E-state index < -0.39 is 0 Å². The molecule has 1 aliphatic rings. The molecule has 0 aromatic heterocycles. The van der Waals surface area contributed by atoms with Crippen LogP contribution >= 0.6 is 0 Å². The minimum Gasteiger partial charge on any atom is -0.494 e. The van der Waals surface area contributed by atoms with Crippen LogP contribution in [0, 0.1) is 5.92 Å². The first-order valence-corrected chi connectivity index (χ1v) is 10.6. The van der Waals surface area contributed by atoms with Gasteiger partial charge in [0.05, 0.1) is 27.0 Å². The zero-order valence-electron chi connectivity index (χ0n) is 18.7. The molecule has 0 aliphatic carbocycles. The third-order valence-electron chi connectivity index (χ3n) is 5.36. The topological polar surface area (TPSA) is 89.5 Å². The van der Waals surface area contributed by atoms with Gasteiger partial charge in [-0.05, 0) is 67.8 Å². The van der Waals surface area contributed by atoms with Gasteiger partial charge < -0.3 is 19.1 Å². The van der Waals surface area contributed by atoms with Crippen molar-refractivity contribution in [1.29, 1.82) is 0 Å². The molecular weight excluding hydrogens is 410 g/mol. The van der Waals surface area contributed by atoms with E-state index in [-0.39, 0.29) is 17.7 Å². The normalized spacial score (nSPS) is 14.3. The Labute approximate surface area is 188 Å². The Kier molecular flexibility index (Phi) is 8.08. The number of piperidine rings is 1. The van der Waals surface area contributed by atoms with E-state index in [2.05, 4.69) is 10.5 Å². The SMILES string of the molecule is CCOc1ccc(/C=N\NC(=O)C2CCN(C(=O)c3ccc(OC)c(OC)c3)CC2)cc1. The van der Waals surface area contributed by atoms with Crippen LogP contribution in [0.5, 0.6) is 17.2 Å². The highest BCUT2D eigenvalue weighted by Crippen LogP contribution is 2.29. The maximum atomic E-state index is 12.8. The predicted octanol–water partition coefficient (Wildman–Crippen LogP) is 3.11. The van der Waals surface area contributed by atoms with Gasteiger partial charge in [-0.3, -0.25) is 9.59 Å². The van der Waals surface area contributed by atoms with Crippen molar-refractivity contribution in [2.75, 3.05) is 33.9 Å². The largest absolute Gasteiger partial charge is 0.494 e. The molecule has 1 heterocycles. The molecular formula is C24H29N3O5. The summed E-state index contributed by atoms with van der Waals surface area (Å²) >= 11 is 0. The van der Waals surface area contributed by atoms with Crippen LogP contribution in [0.4, 0.5) is 0 Å². The van der Waals surface area contributed by atoms with Crippen molar-refractivity contribution in [3.05, 3.63) is 53.6 Å². The fourth-order valence-electron chi connectivity index (χ4n) is 3.58. The number of nitrogens with zero attached hydrogens (tertiary/aromatic N) is 2. The fourth-order valence-corrected chi connectivity index (χ4v) is 3.58. The predicted molar refractivity (Wildman–Crippen MR) is 122 cm³/mol. The summed E-state index contributed by atoms with van der Waals surface area (Å²) in [6.07, 6.45) is 2.77. The molecule has 32 heavy (non-hydrogen) atoms. The Morgan fingerprint density at radius 2 is 1.75 bits per heavy atom.